The molecule has 0 aromatic heterocycles. The summed E-state index contributed by atoms with van der Waals surface area (Å²) in [5.41, 5.74) is 6.94. The number of rotatable bonds is 9. The molecule has 3 aromatic carbocycles. The first-order valence-electron chi connectivity index (χ1n) is 11.3. The molecule has 0 heterocycles. The molecule has 0 fully saturated rings. The molecular formula is C28H33NO3. The van der Waals surface area contributed by atoms with Crippen LogP contribution in [-0.4, -0.2) is 12.5 Å². The quantitative estimate of drug-likeness (QED) is 0.412. The molecule has 0 saturated heterocycles. The average Bonchev–Trinajstić information content (AvgIpc) is 2.78. The Morgan fingerprint density at radius 1 is 0.812 bits per heavy atom. The molecule has 0 aliphatic carbocycles. The van der Waals surface area contributed by atoms with Crippen molar-refractivity contribution in [1.29, 1.82) is 0 Å². The number of nitrogens with one attached hydrogen (secondary N) is 1. The van der Waals surface area contributed by atoms with E-state index in [9.17, 15) is 4.79 Å². The summed E-state index contributed by atoms with van der Waals surface area (Å²) in [7, 11) is 0. The van der Waals surface area contributed by atoms with E-state index in [-0.39, 0.29) is 5.91 Å². The van der Waals surface area contributed by atoms with Crippen molar-refractivity contribution in [2.45, 2.75) is 54.1 Å². The Balaban J connectivity index is 1.86. The lowest BCUT2D eigenvalue weighted by molar-refractivity contribution is 0.102. The molecule has 0 aliphatic rings. The zero-order chi connectivity index (χ0) is 23.1. The van der Waals surface area contributed by atoms with Crippen molar-refractivity contribution in [2.24, 2.45) is 0 Å². The molecule has 0 bridgehead atoms. The van der Waals surface area contributed by atoms with E-state index in [1.54, 1.807) is 6.07 Å². The van der Waals surface area contributed by atoms with Crippen LogP contribution in [0.1, 0.15) is 58.9 Å². The number of hydrogen-bond donors (Lipinski definition) is 1. The normalized spacial score (nSPS) is 10.7. The lowest BCUT2D eigenvalue weighted by Crippen LogP contribution is -2.15. The van der Waals surface area contributed by atoms with Gasteiger partial charge >= 0.3 is 0 Å². The van der Waals surface area contributed by atoms with Crippen molar-refractivity contribution in [1.82, 2.24) is 0 Å². The van der Waals surface area contributed by atoms with Gasteiger partial charge in [-0.3, -0.25) is 4.79 Å². The minimum Gasteiger partial charge on any atom is -0.493 e. The van der Waals surface area contributed by atoms with Crippen molar-refractivity contribution < 1.29 is 14.3 Å². The molecule has 4 nitrogen and oxygen atoms in total. The molecule has 0 atom stereocenters. The van der Waals surface area contributed by atoms with Gasteiger partial charge in [0, 0.05) is 16.8 Å². The highest BCUT2D eigenvalue weighted by Gasteiger charge is 2.15. The summed E-state index contributed by atoms with van der Waals surface area (Å²) in [4.78, 5) is 13.1. The Morgan fingerprint density at radius 3 is 2.06 bits per heavy atom. The van der Waals surface area contributed by atoms with Gasteiger partial charge in [0.2, 0.25) is 0 Å². The largest absolute Gasteiger partial charge is 0.493 e. The maximum absolute atomic E-state index is 13.1. The van der Waals surface area contributed by atoms with Gasteiger partial charge in [-0.2, -0.15) is 0 Å². The van der Waals surface area contributed by atoms with Crippen molar-refractivity contribution in [3.8, 4) is 11.5 Å². The van der Waals surface area contributed by atoms with Crippen LogP contribution in [0.4, 0.5) is 5.69 Å². The molecule has 0 aliphatic heterocycles. The van der Waals surface area contributed by atoms with Gasteiger partial charge in [0.25, 0.3) is 5.91 Å². The molecule has 1 amide bonds. The van der Waals surface area contributed by atoms with Crippen molar-refractivity contribution in [3.63, 3.8) is 0 Å². The molecule has 0 unspecified atom stereocenters. The van der Waals surface area contributed by atoms with E-state index in [4.69, 9.17) is 9.47 Å². The maximum atomic E-state index is 13.1. The van der Waals surface area contributed by atoms with Crippen molar-refractivity contribution in [3.05, 3.63) is 88.0 Å². The summed E-state index contributed by atoms with van der Waals surface area (Å²) in [6, 6.07) is 17.8. The van der Waals surface area contributed by atoms with E-state index in [2.05, 4.69) is 51.2 Å². The van der Waals surface area contributed by atoms with E-state index in [1.165, 1.54) is 0 Å². The van der Waals surface area contributed by atoms with E-state index in [0.29, 0.717) is 18.8 Å². The third-order valence-corrected chi connectivity index (χ3v) is 5.45. The highest BCUT2D eigenvalue weighted by atomic mass is 16.5. The molecule has 0 radical (unpaired) electrons. The third kappa shape index (κ3) is 5.70. The van der Waals surface area contributed by atoms with Crippen LogP contribution in [0.15, 0.2) is 54.6 Å². The van der Waals surface area contributed by atoms with Gasteiger partial charge in [-0.05, 0) is 86.2 Å². The molecule has 3 rings (SSSR count). The number of anilines is 1. The summed E-state index contributed by atoms with van der Waals surface area (Å²) in [6.45, 7) is 11.1. The fraction of sp³-hybridized carbons (Fsp3) is 0.321. The van der Waals surface area contributed by atoms with Crippen LogP contribution in [0.3, 0.4) is 0 Å². The zero-order valence-electron chi connectivity index (χ0n) is 19.7. The number of amides is 1. The van der Waals surface area contributed by atoms with Gasteiger partial charge < -0.3 is 14.8 Å². The van der Waals surface area contributed by atoms with Crippen molar-refractivity contribution in [2.75, 3.05) is 11.9 Å². The lowest BCUT2D eigenvalue weighted by atomic mass is 10.0. The highest BCUT2D eigenvalue weighted by molar-refractivity contribution is 6.05. The van der Waals surface area contributed by atoms with E-state index >= 15 is 0 Å². The second-order valence-electron chi connectivity index (χ2n) is 7.98. The number of carbonyl (C=O) groups excluding carboxylic acids is 1. The van der Waals surface area contributed by atoms with E-state index in [1.807, 2.05) is 37.3 Å². The number of aryl methyl sites for hydroxylation is 4. The monoisotopic (exact) mass is 431 g/mol. The van der Waals surface area contributed by atoms with Gasteiger partial charge in [0.15, 0.2) is 0 Å². The molecule has 3 aromatic rings. The highest BCUT2D eigenvalue weighted by Crippen LogP contribution is 2.26. The topological polar surface area (TPSA) is 47.6 Å². The van der Waals surface area contributed by atoms with Crippen molar-refractivity contribution >= 4 is 11.6 Å². The zero-order valence-corrected chi connectivity index (χ0v) is 19.7. The summed E-state index contributed by atoms with van der Waals surface area (Å²) in [5.74, 6) is 1.41. The standard InChI is InChI=1S/C28H33NO3/c1-6-21-10-9-11-22(7-2)27(21)29-28(30)23-12-13-26(31-8-3)24(17-23)18-32-25-15-19(4)14-20(5)16-25/h9-17H,6-8,18H2,1-5H3,(H,29,30). The first-order chi connectivity index (χ1) is 15.4. The molecule has 0 spiro atoms. The number of carbonyl (C=O) groups is 1. The molecule has 0 saturated carbocycles. The first-order valence-corrected chi connectivity index (χ1v) is 11.3. The Hall–Kier alpha value is -3.27. The Kier molecular flexibility index (Phi) is 7.93. The van der Waals surface area contributed by atoms with Crippen LogP contribution in [0.2, 0.25) is 0 Å². The maximum Gasteiger partial charge on any atom is 0.255 e. The SMILES string of the molecule is CCOc1ccc(C(=O)Nc2c(CC)cccc2CC)cc1COc1cc(C)cc(C)c1. The Morgan fingerprint density at radius 2 is 1.47 bits per heavy atom. The van der Waals surface area contributed by atoms with Crippen LogP contribution in [-0.2, 0) is 19.4 Å². The van der Waals surface area contributed by atoms with Gasteiger partial charge in [-0.25, -0.2) is 0 Å². The van der Waals surface area contributed by atoms with Crippen LogP contribution in [0.25, 0.3) is 0 Å². The third-order valence-electron chi connectivity index (χ3n) is 5.45. The number of ether oxygens (including phenoxy) is 2. The predicted octanol–water partition coefficient (Wildman–Crippen LogP) is 6.66. The van der Waals surface area contributed by atoms with Gasteiger partial charge in [0.1, 0.15) is 18.1 Å². The molecule has 32 heavy (non-hydrogen) atoms. The Labute approximate surface area is 191 Å². The minimum absolute atomic E-state index is 0.128. The molecule has 1 N–H and O–H groups in total. The fourth-order valence-corrected chi connectivity index (χ4v) is 3.90. The number of benzene rings is 3. The fourth-order valence-electron chi connectivity index (χ4n) is 3.90. The van der Waals surface area contributed by atoms with Crippen LogP contribution >= 0.6 is 0 Å². The molecule has 4 heteroatoms. The first kappa shape index (κ1) is 23.4. The average molecular weight is 432 g/mol. The lowest BCUT2D eigenvalue weighted by Gasteiger charge is -2.16. The molecule has 168 valence electrons. The second kappa shape index (κ2) is 10.9. The van der Waals surface area contributed by atoms with Gasteiger partial charge in [-0.15, -0.1) is 0 Å². The summed E-state index contributed by atoms with van der Waals surface area (Å²) >= 11 is 0. The van der Waals surface area contributed by atoms with Crippen LogP contribution < -0.4 is 14.8 Å². The van der Waals surface area contributed by atoms with Crippen LogP contribution in [0, 0.1) is 13.8 Å². The Bertz CT molecular complexity index is 1050. The predicted molar refractivity (Wildman–Crippen MR) is 131 cm³/mol. The summed E-state index contributed by atoms with van der Waals surface area (Å²) in [6.07, 6.45) is 1.73. The minimum atomic E-state index is -0.128. The second-order valence-corrected chi connectivity index (χ2v) is 7.98. The van der Waals surface area contributed by atoms with Crippen LogP contribution in [0.5, 0.6) is 11.5 Å². The van der Waals surface area contributed by atoms with Gasteiger partial charge in [0.05, 0.1) is 6.61 Å². The summed E-state index contributed by atoms with van der Waals surface area (Å²) in [5, 5.41) is 3.14. The molecular weight excluding hydrogens is 398 g/mol. The van der Waals surface area contributed by atoms with E-state index < -0.39 is 0 Å². The summed E-state index contributed by atoms with van der Waals surface area (Å²) < 4.78 is 11.8. The smallest absolute Gasteiger partial charge is 0.255 e. The number of hydrogen-bond acceptors (Lipinski definition) is 3. The van der Waals surface area contributed by atoms with Gasteiger partial charge in [-0.1, -0.05) is 38.1 Å². The van der Waals surface area contributed by atoms with E-state index in [0.717, 1.165) is 57.8 Å². The number of para-hydroxylation sites is 1.